The lowest BCUT2D eigenvalue weighted by Gasteiger charge is -2.17. The van der Waals surface area contributed by atoms with Crippen LogP contribution in [0, 0.1) is 6.92 Å². The third-order valence-electron chi connectivity index (χ3n) is 3.10. The number of hydrogen-bond donors (Lipinski definition) is 2. The smallest absolute Gasteiger partial charge is 0.321 e. The molecule has 0 spiro atoms. The van der Waals surface area contributed by atoms with E-state index in [0.717, 1.165) is 17.0 Å². The number of carbonyl (C=O) groups is 1. The summed E-state index contributed by atoms with van der Waals surface area (Å²) in [4.78, 5) is 13.5. The van der Waals surface area contributed by atoms with Gasteiger partial charge in [0.2, 0.25) is 0 Å². The Kier molecular flexibility index (Phi) is 3.72. The van der Waals surface area contributed by atoms with E-state index in [2.05, 4.69) is 5.32 Å². The van der Waals surface area contributed by atoms with Gasteiger partial charge in [0.05, 0.1) is 13.2 Å². The average molecular weight is 250 g/mol. The quantitative estimate of drug-likeness (QED) is 0.838. The third kappa shape index (κ3) is 2.73. The molecule has 2 N–H and O–H groups in total. The van der Waals surface area contributed by atoms with E-state index in [0.29, 0.717) is 19.5 Å². The molecule has 1 aromatic carbocycles. The lowest BCUT2D eigenvalue weighted by molar-refractivity contribution is 0.176. The van der Waals surface area contributed by atoms with Crippen LogP contribution in [0.1, 0.15) is 12.0 Å². The zero-order valence-electron chi connectivity index (χ0n) is 10.6. The van der Waals surface area contributed by atoms with Crippen LogP contribution in [-0.4, -0.2) is 42.3 Å². The fraction of sp³-hybridized carbons (Fsp3) is 0.462. The number of hydrogen-bond acceptors (Lipinski definition) is 3. The van der Waals surface area contributed by atoms with Crippen molar-refractivity contribution in [3.05, 3.63) is 23.8 Å². The molecule has 1 fully saturated rings. The van der Waals surface area contributed by atoms with Crippen molar-refractivity contribution in [1.29, 1.82) is 0 Å². The molecule has 0 unspecified atom stereocenters. The summed E-state index contributed by atoms with van der Waals surface area (Å²) in [5, 5.41) is 12.2. The number of β-amino-alcohol motifs (C(OH)–C–C–N with tert-alkyl or cyclic N) is 1. The number of aliphatic hydroxyl groups is 1. The fourth-order valence-electron chi connectivity index (χ4n) is 2.09. The molecule has 2 amide bonds. The normalized spacial score (nSPS) is 18.8. The number of benzene rings is 1. The van der Waals surface area contributed by atoms with Crippen molar-refractivity contribution in [2.45, 2.75) is 19.4 Å². The Balaban J connectivity index is 2.01. The summed E-state index contributed by atoms with van der Waals surface area (Å²) in [6.45, 7) is 2.93. The minimum atomic E-state index is -0.395. The standard InChI is InChI=1S/C13H18N2O3/c1-9-7-10(3-4-12(9)18-2)14-13(17)15-6-5-11(16)8-15/h3-4,7,11,16H,5-6,8H2,1-2H3,(H,14,17)/t11-/m1/s1. The Morgan fingerprint density at radius 1 is 1.56 bits per heavy atom. The predicted molar refractivity (Wildman–Crippen MR) is 68.9 cm³/mol. The van der Waals surface area contributed by atoms with Crippen LogP contribution < -0.4 is 10.1 Å². The molecule has 18 heavy (non-hydrogen) atoms. The number of amides is 2. The molecule has 5 heteroatoms. The van der Waals surface area contributed by atoms with Crippen LogP contribution >= 0.6 is 0 Å². The van der Waals surface area contributed by atoms with Gasteiger partial charge in [0.25, 0.3) is 0 Å². The number of aryl methyl sites for hydroxylation is 1. The van der Waals surface area contributed by atoms with Crippen molar-refractivity contribution in [2.24, 2.45) is 0 Å². The van der Waals surface area contributed by atoms with Gasteiger partial charge in [-0.3, -0.25) is 0 Å². The average Bonchev–Trinajstić information content (AvgIpc) is 2.76. The summed E-state index contributed by atoms with van der Waals surface area (Å²) in [6, 6.07) is 5.32. The van der Waals surface area contributed by atoms with Crippen molar-refractivity contribution in [1.82, 2.24) is 4.90 Å². The molecule has 0 saturated carbocycles. The summed E-state index contributed by atoms with van der Waals surface area (Å²) >= 11 is 0. The number of likely N-dealkylation sites (tertiary alicyclic amines) is 1. The fourth-order valence-corrected chi connectivity index (χ4v) is 2.09. The number of nitrogens with zero attached hydrogens (tertiary/aromatic N) is 1. The largest absolute Gasteiger partial charge is 0.496 e. The first-order chi connectivity index (χ1) is 8.60. The van der Waals surface area contributed by atoms with Crippen molar-refractivity contribution < 1.29 is 14.6 Å². The van der Waals surface area contributed by atoms with Gasteiger partial charge in [-0.05, 0) is 37.1 Å². The van der Waals surface area contributed by atoms with E-state index in [1.165, 1.54) is 0 Å². The Morgan fingerprint density at radius 3 is 2.89 bits per heavy atom. The summed E-state index contributed by atoms with van der Waals surface area (Å²) in [6.07, 6.45) is 0.253. The molecule has 0 bridgehead atoms. The van der Waals surface area contributed by atoms with Crippen molar-refractivity contribution in [3.63, 3.8) is 0 Å². The Morgan fingerprint density at radius 2 is 2.33 bits per heavy atom. The van der Waals surface area contributed by atoms with E-state index >= 15 is 0 Å². The van der Waals surface area contributed by atoms with E-state index in [-0.39, 0.29) is 6.03 Å². The van der Waals surface area contributed by atoms with Crippen molar-refractivity contribution in [3.8, 4) is 5.75 Å². The first-order valence-corrected chi connectivity index (χ1v) is 5.99. The van der Waals surface area contributed by atoms with E-state index in [9.17, 15) is 9.90 Å². The third-order valence-corrected chi connectivity index (χ3v) is 3.10. The van der Waals surface area contributed by atoms with Gasteiger partial charge in [-0.25, -0.2) is 4.79 Å². The molecule has 1 atom stereocenters. The molecule has 1 aliphatic rings. The Labute approximate surface area is 106 Å². The molecular formula is C13H18N2O3. The first-order valence-electron chi connectivity index (χ1n) is 5.99. The van der Waals surface area contributed by atoms with Gasteiger partial charge in [-0.2, -0.15) is 0 Å². The van der Waals surface area contributed by atoms with E-state index in [4.69, 9.17) is 4.74 Å². The second-order valence-electron chi connectivity index (χ2n) is 4.50. The van der Waals surface area contributed by atoms with Gasteiger partial charge in [-0.15, -0.1) is 0 Å². The Hall–Kier alpha value is -1.75. The SMILES string of the molecule is COc1ccc(NC(=O)N2CC[C@@H](O)C2)cc1C. The van der Waals surface area contributed by atoms with Gasteiger partial charge < -0.3 is 20.1 Å². The molecule has 1 heterocycles. The zero-order chi connectivity index (χ0) is 13.1. The maximum Gasteiger partial charge on any atom is 0.321 e. The minimum absolute atomic E-state index is 0.170. The highest BCUT2D eigenvalue weighted by Gasteiger charge is 2.24. The van der Waals surface area contributed by atoms with Crippen LogP contribution in [0.15, 0.2) is 18.2 Å². The van der Waals surface area contributed by atoms with Crippen LogP contribution in [0.2, 0.25) is 0 Å². The number of aliphatic hydroxyl groups excluding tert-OH is 1. The molecule has 0 radical (unpaired) electrons. The molecule has 1 aliphatic heterocycles. The van der Waals surface area contributed by atoms with Gasteiger partial charge >= 0.3 is 6.03 Å². The highest BCUT2D eigenvalue weighted by atomic mass is 16.5. The summed E-state index contributed by atoms with van der Waals surface area (Å²) in [5.74, 6) is 0.796. The number of methoxy groups -OCH3 is 1. The number of ether oxygens (including phenoxy) is 1. The van der Waals surface area contributed by atoms with Crippen LogP contribution in [0.5, 0.6) is 5.75 Å². The van der Waals surface area contributed by atoms with Crippen molar-refractivity contribution >= 4 is 11.7 Å². The maximum atomic E-state index is 11.9. The van der Waals surface area contributed by atoms with E-state index in [1.54, 1.807) is 18.1 Å². The second-order valence-corrected chi connectivity index (χ2v) is 4.50. The minimum Gasteiger partial charge on any atom is -0.496 e. The molecule has 1 aromatic rings. The van der Waals surface area contributed by atoms with E-state index < -0.39 is 6.10 Å². The lowest BCUT2D eigenvalue weighted by Crippen LogP contribution is -2.33. The number of anilines is 1. The van der Waals surface area contributed by atoms with Crippen LogP contribution in [-0.2, 0) is 0 Å². The van der Waals surface area contributed by atoms with Crippen LogP contribution in [0.3, 0.4) is 0 Å². The molecule has 5 nitrogen and oxygen atoms in total. The number of nitrogens with one attached hydrogen (secondary N) is 1. The molecule has 0 aromatic heterocycles. The summed E-state index contributed by atoms with van der Waals surface area (Å²) in [5.41, 5.74) is 1.71. The molecule has 0 aliphatic carbocycles. The van der Waals surface area contributed by atoms with Gasteiger partial charge in [0.1, 0.15) is 5.75 Å². The predicted octanol–water partition coefficient (Wildman–Crippen LogP) is 1.60. The highest BCUT2D eigenvalue weighted by Crippen LogP contribution is 2.22. The van der Waals surface area contributed by atoms with Crippen LogP contribution in [0.4, 0.5) is 10.5 Å². The monoisotopic (exact) mass is 250 g/mol. The topological polar surface area (TPSA) is 61.8 Å². The zero-order valence-corrected chi connectivity index (χ0v) is 10.6. The van der Waals surface area contributed by atoms with Crippen molar-refractivity contribution in [2.75, 3.05) is 25.5 Å². The molecular weight excluding hydrogens is 232 g/mol. The Bertz CT molecular complexity index is 448. The number of rotatable bonds is 2. The molecule has 98 valence electrons. The van der Waals surface area contributed by atoms with Gasteiger partial charge in [0, 0.05) is 18.8 Å². The lowest BCUT2D eigenvalue weighted by atomic mass is 10.2. The van der Waals surface area contributed by atoms with Gasteiger partial charge in [-0.1, -0.05) is 0 Å². The maximum absolute atomic E-state index is 11.9. The number of carbonyl (C=O) groups excluding carboxylic acids is 1. The molecule has 2 rings (SSSR count). The van der Waals surface area contributed by atoms with Gasteiger partial charge in [0.15, 0.2) is 0 Å². The van der Waals surface area contributed by atoms with E-state index in [1.807, 2.05) is 19.1 Å². The summed E-state index contributed by atoms with van der Waals surface area (Å²) < 4.78 is 5.16. The van der Waals surface area contributed by atoms with Crippen LogP contribution in [0.25, 0.3) is 0 Å². The number of urea groups is 1. The second kappa shape index (κ2) is 5.27. The highest BCUT2D eigenvalue weighted by molar-refractivity contribution is 5.89. The summed E-state index contributed by atoms with van der Waals surface area (Å²) in [7, 11) is 1.62. The first kappa shape index (κ1) is 12.7. The molecule has 1 saturated heterocycles.